The maximum absolute atomic E-state index is 13.2. The van der Waals surface area contributed by atoms with E-state index in [0.29, 0.717) is 17.2 Å². The molecule has 10 nitrogen and oxygen atoms in total. The Balaban J connectivity index is 1.48. The van der Waals surface area contributed by atoms with Crippen molar-refractivity contribution in [2.75, 3.05) is 31.0 Å². The van der Waals surface area contributed by atoms with Crippen LogP contribution in [0.2, 0.25) is 0 Å². The number of methoxy groups -OCH3 is 2. The van der Waals surface area contributed by atoms with E-state index in [1.165, 1.54) is 31.4 Å². The molecule has 31 heavy (non-hydrogen) atoms. The second-order valence-corrected chi connectivity index (χ2v) is 6.83. The number of carbonyl (C=O) groups is 3. The molecule has 2 aliphatic rings. The van der Waals surface area contributed by atoms with Gasteiger partial charge < -0.3 is 14.8 Å². The fraction of sp³-hybridized carbons (Fsp3) is 0.250. The number of amides is 3. The molecule has 2 atom stereocenters. The average Bonchev–Trinajstić information content (AvgIpc) is 3.28. The van der Waals surface area contributed by atoms with Gasteiger partial charge in [0.15, 0.2) is 12.1 Å². The van der Waals surface area contributed by atoms with E-state index >= 15 is 0 Å². The van der Waals surface area contributed by atoms with Gasteiger partial charge in [-0.15, -0.1) is 0 Å². The molecule has 0 unspecified atom stereocenters. The van der Waals surface area contributed by atoms with E-state index in [2.05, 4.69) is 15.7 Å². The van der Waals surface area contributed by atoms with Crippen LogP contribution < -0.4 is 19.7 Å². The topological polar surface area (TPSA) is 113 Å². The number of carbonyl (C=O) groups excluding carboxylic acids is 3. The molecule has 11 heteroatoms. The minimum absolute atomic E-state index is 0.230. The molecule has 1 fully saturated rings. The van der Waals surface area contributed by atoms with Gasteiger partial charge in [-0.05, 0) is 24.3 Å². The summed E-state index contributed by atoms with van der Waals surface area (Å²) in [6.07, 6.45) is 0. The van der Waals surface area contributed by atoms with Crippen molar-refractivity contribution in [3.05, 3.63) is 48.3 Å². The molecular weight excluding hydrogens is 409 g/mol. The fourth-order valence-electron chi connectivity index (χ4n) is 3.43. The predicted octanol–water partition coefficient (Wildman–Crippen LogP) is 1.77. The number of imide groups is 1. The van der Waals surface area contributed by atoms with Crippen LogP contribution in [0.4, 0.5) is 15.8 Å². The van der Waals surface area contributed by atoms with E-state index in [1.807, 2.05) is 0 Å². The summed E-state index contributed by atoms with van der Waals surface area (Å²) in [6.45, 7) is -0.305. The maximum Gasteiger partial charge on any atom is 0.263 e. The van der Waals surface area contributed by atoms with Crippen LogP contribution in [0.1, 0.15) is 0 Å². The summed E-state index contributed by atoms with van der Waals surface area (Å²) in [5, 5.41) is 11.5. The monoisotopic (exact) mass is 427 g/mol. The van der Waals surface area contributed by atoms with E-state index in [9.17, 15) is 18.8 Å². The van der Waals surface area contributed by atoms with Gasteiger partial charge in [-0.3, -0.25) is 19.4 Å². The molecule has 2 aromatic carbocycles. The lowest BCUT2D eigenvalue weighted by molar-refractivity contribution is -0.123. The van der Waals surface area contributed by atoms with E-state index in [-0.39, 0.29) is 12.2 Å². The molecule has 0 radical (unpaired) electrons. The summed E-state index contributed by atoms with van der Waals surface area (Å²) in [5.41, 5.74) is 0.657. The number of ether oxygens (including phenoxy) is 2. The van der Waals surface area contributed by atoms with Crippen molar-refractivity contribution in [3.63, 3.8) is 0 Å². The number of hydrogen-bond acceptors (Lipinski definition) is 8. The Kier molecular flexibility index (Phi) is 5.24. The summed E-state index contributed by atoms with van der Waals surface area (Å²) in [7, 11) is 2.97. The van der Waals surface area contributed by atoms with Crippen LogP contribution in [0, 0.1) is 5.82 Å². The normalized spacial score (nSPS) is 19.6. The number of anilines is 2. The van der Waals surface area contributed by atoms with E-state index in [0.717, 1.165) is 17.0 Å². The highest BCUT2D eigenvalue weighted by Gasteiger charge is 2.55. The number of rotatable bonds is 6. The third-order valence-corrected chi connectivity index (χ3v) is 4.88. The molecule has 0 spiro atoms. The first-order valence-electron chi connectivity index (χ1n) is 9.25. The average molecular weight is 427 g/mol. The largest absolute Gasteiger partial charge is 0.497 e. The summed E-state index contributed by atoms with van der Waals surface area (Å²) < 4.78 is 23.5. The third kappa shape index (κ3) is 3.77. The zero-order chi connectivity index (χ0) is 22.1. The van der Waals surface area contributed by atoms with Crippen LogP contribution in [-0.4, -0.2) is 55.6 Å². The first-order chi connectivity index (χ1) is 14.9. The molecule has 0 aromatic heterocycles. The second kappa shape index (κ2) is 8.01. The zero-order valence-corrected chi connectivity index (χ0v) is 16.6. The van der Waals surface area contributed by atoms with Gasteiger partial charge in [0.25, 0.3) is 11.8 Å². The minimum atomic E-state index is -1.05. The molecule has 1 saturated heterocycles. The summed E-state index contributed by atoms with van der Waals surface area (Å²) >= 11 is 0. The molecule has 1 N–H and O–H groups in total. The van der Waals surface area contributed by atoms with Crippen molar-refractivity contribution in [2.45, 2.75) is 12.1 Å². The first kappa shape index (κ1) is 20.3. The van der Waals surface area contributed by atoms with Crippen LogP contribution in [0.3, 0.4) is 0 Å². The van der Waals surface area contributed by atoms with Crippen LogP contribution in [0.5, 0.6) is 11.5 Å². The minimum Gasteiger partial charge on any atom is -0.497 e. The number of nitrogens with zero attached hydrogens (tertiary/aromatic N) is 4. The lowest BCUT2D eigenvalue weighted by Gasteiger charge is -2.20. The number of fused-ring (bicyclic) bond motifs is 1. The van der Waals surface area contributed by atoms with Crippen molar-refractivity contribution in [1.82, 2.24) is 5.01 Å². The van der Waals surface area contributed by atoms with Crippen LogP contribution in [0.25, 0.3) is 0 Å². The number of hydrogen-bond donors (Lipinski definition) is 1. The van der Waals surface area contributed by atoms with Gasteiger partial charge in [-0.2, -0.15) is 5.11 Å². The van der Waals surface area contributed by atoms with Gasteiger partial charge in [0.05, 0.1) is 19.9 Å². The highest BCUT2D eigenvalue weighted by molar-refractivity contribution is 6.25. The molecule has 0 bridgehead atoms. The van der Waals surface area contributed by atoms with Gasteiger partial charge in [0.1, 0.15) is 23.9 Å². The molecule has 160 valence electrons. The number of nitrogens with one attached hydrogen (secondary N) is 1. The summed E-state index contributed by atoms with van der Waals surface area (Å²) in [6, 6.07) is 7.74. The quantitative estimate of drug-likeness (QED) is 0.703. The Hall–Kier alpha value is -4.02. The predicted molar refractivity (Wildman–Crippen MR) is 106 cm³/mol. The Bertz CT molecular complexity index is 1050. The molecule has 3 amide bonds. The van der Waals surface area contributed by atoms with E-state index in [1.54, 1.807) is 18.2 Å². The zero-order valence-electron chi connectivity index (χ0n) is 16.6. The van der Waals surface area contributed by atoms with Crippen LogP contribution in [-0.2, 0) is 14.4 Å². The summed E-state index contributed by atoms with van der Waals surface area (Å²) in [5.74, 6) is -1.15. The molecule has 4 rings (SSSR count). The highest BCUT2D eigenvalue weighted by atomic mass is 19.1. The Morgan fingerprint density at radius 2 is 1.71 bits per heavy atom. The fourth-order valence-corrected chi connectivity index (χ4v) is 3.43. The maximum atomic E-state index is 13.2. The second-order valence-electron chi connectivity index (χ2n) is 6.83. The highest BCUT2D eigenvalue weighted by Crippen LogP contribution is 2.32. The van der Waals surface area contributed by atoms with Crippen molar-refractivity contribution in [2.24, 2.45) is 10.3 Å². The SMILES string of the molecule is COc1cc(NC(=O)CN2N=N[C@H]3C(=O)N(c4ccc(F)cc4)C(=O)[C@@H]32)cc(OC)c1. The van der Waals surface area contributed by atoms with E-state index < -0.39 is 35.6 Å². The first-order valence-corrected chi connectivity index (χ1v) is 9.25. The van der Waals surface area contributed by atoms with Crippen LogP contribution >= 0.6 is 0 Å². The molecule has 2 aliphatic heterocycles. The van der Waals surface area contributed by atoms with Crippen molar-refractivity contribution in [1.29, 1.82) is 0 Å². The molecule has 0 saturated carbocycles. The van der Waals surface area contributed by atoms with Gasteiger partial charge in [-0.25, -0.2) is 9.29 Å². The number of halogens is 1. The Labute approximate surface area is 176 Å². The Morgan fingerprint density at radius 1 is 1.06 bits per heavy atom. The Morgan fingerprint density at radius 3 is 2.32 bits per heavy atom. The molecule has 2 aromatic rings. The molecule has 2 heterocycles. The van der Waals surface area contributed by atoms with Gasteiger partial charge in [-0.1, -0.05) is 5.22 Å². The third-order valence-electron chi connectivity index (χ3n) is 4.88. The van der Waals surface area contributed by atoms with Gasteiger partial charge in [0, 0.05) is 23.9 Å². The molecule has 0 aliphatic carbocycles. The van der Waals surface area contributed by atoms with Crippen molar-refractivity contribution in [3.8, 4) is 11.5 Å². The lowest BCUT2D eigenvalue weighted by Crippen LogP contribution is -2.43. The van der Waals surface area contributed by atoms with Crippen molar-refractivity contribution >= 4 is 29.1 Å². The number of benzene rings is 2. The van der Waals surface area contributed by atoms with Crippen molar-refractivity contribution < 1.29 is 28.2 Å². The van der Waals surface area contributed by atoms with Gasteiger partial charge >= 0.3 is 0 Å². The standard InChI is InChI=1S/C20H18FN5O5/c1-30-14-7-12(8-15(9-14)31-2)22-16(27)10-25-18-17(23-24-25)19(28)26(20(18)29)13-5-3-11(21)4-6-13/h3-9,17-18H,10H2,1-2H3,(H,22,27)/t17-,18-/m1/s1. The lowest BCUT2D eigenvalue weighted by atomic mass is 10.1. The smallest absolute Gasteiger partial charge is 0.263 e. The molecular formula is C20H18FN5O5. The van der Waals surface area contributed by atoms with E-state index in [4.69, 9.17) is 9.47 Å². The van der Waals surface area contributed by atoms with Crippen LogP contribution in [0.15, 0.2) is 52.8 Å². The van der Waals surface area contributed by atoms with Gasteiger partial charge in [0.2, 0.25) is 5.91 Å². The summed E-state index contributed by atoms with van der Waals surface area (Å²) in [4.78, 5) is 39.0.